The molecule has 0 saturated carbocycles. The first-order valence-corrected chi connectivity index (χ1v) is 7.65. The molecule has 0 radical (unpaired) electrons. The lowest BCUT2D eigenvalue weighted by Gasteiger charge is -2.35. The van der Waals surface area contributed by atoms with Crippen LogP contribution in [0.25, 0.3) is 0 Å². The van der Waals surface area contributed by atoms with E-state index in [0.717, 1.165) is 12.8 Å². The van der Waals surface area contributed by atoms with Gasteiger partial charge in [-0.25, -0.2) is 9.18 Å². The van der Waals surface area contributed by atoms with Gasteiger partial charge in [0, 0.05) is 31.1 Å². The lowest BCUT2D eigenvalue weighted by Crippen LogP contribution is -2.41. The number of nitrogens with zero attached hydrogens (tertiary/aromatic N) is 1. The van der Waals surface area contributed by atoms with Crippen LogP contribution in [0.3, 0.4) is 0 Å². The fourth-order valence-corrected chi connectivity index (χ4v) is 3.03. The molecule has 1 aromatic carbocycles. The molecular weight excluding hydrogens is 311 g/mol. The van der Waals surface area contributed by atoms with Gasteiger partial charge in [0.05, 0.1) is 17.7 Å². The number of carboxylic acid groups (broad SMARTS) is 1. The lowest BCUT2D eigenvalue weighted by atomic mass is 9.88. The topological polar surface area (TPSA) is 75.8 Å². The van der Waals surface area contributed by atoms with Gasteiger partial charge in [-0.1, -0.05) is 23.7 Å². The van der Waals surface area contributed by atoms with Crippen LogP contribution in [0.4, 0.5) is 9.18 Å². The Morgan fingerprint density at radius 2 is 2.36 bits per heavy atom. The van der Waals surface area contributed by atoms with Crippen LogP contribution in [0.1, 0.15) is 24.5 Å². The van der Waals surface area contributed by atoms with E-state index in [1.54, 1.807) is 12.1 Å². The van der Waals surface area contributed by atoms with E-state index in [1.807, 2.05) is 0 Å². The Morgan fingerprint density at radius 1 is 1.59 bits per heavy atom. The second kappa shape index (κ2) is 7.76. The first-order valence-electron chi connectivity index (χ1n) is 7.28. The minimum absolute atomic E-state index is 0.0322. The Kier molecular flexibility index (Phi) is 5.99. The summed E-state index contributed by atoms with van der Waals surface area (Å²) in [6, 6.07) is 4.77. The highest BCUT2D eigenvalue weighted by atomic mass is 35.5. The SMILES string of the molecule is NCCOC(c1cccc(Cl)c1F)C1CCCN(C(=O)O)C1. The number of nitrogens with two attached hydrogens (primary N) is 1. The Balaban J connectivity index is 2.25. The molecule has 0 aromatic heterocycles. The summed E-state index contributed by atoms with van der Waals surface area (Å²) >= 11 is 5.85. The van der Waals surface area contributed by atoms with E-state index in [-0.39, 0.29) is 17.5 Å². The summed E-state index contributed by atoms with van der Waals surface area (Å²) in [7, 11) is 0. The van der Waals surface area contributed by atoms with E-state index in [0.29, 0.717) is 25.2 Å². The van der Waals surface area contributed by atoms with E-state index in [1.165, 1.54) is 11.0 Å². The van der Waals surface area contributed by atoms with Crippen LogP contribution in [0, 0.1) is 11.7 Å². The zero-order valence-electron chi connectivity index (χ0n) is 12.2. The van der Waals surface area contributed by atoms with E-state index >= 15 is 0 Å². The summed E-state index contributed by atoms with van der Waals surface area (Å²) in [6.45, 7) is 1.40. The number of piperidine rings is 1. The molecule has 122 valence electrons. The van der Waals surface area contributed by atoms with Crippen molar-refractivity contribution >= 4 is 17.7 Å². The molecule has 0 bridgehead atoms. The summed E-state index contributed by atoms with van der Waals surface area (Å²) in [5.41, 5.74) is 5.84. The van der Waals surface area contributed by atoms with Gasteiger partial charge in [0.2, 0.25) is 0 Å². The van der Waals surface area contributed by atoms with Crippen LogP contribution in [0.5, 0.6) is 0 Å². The zero-order valence-corrected chi connectivity index (χ0v) is 12.9. The summed E-state index contributed by atoms with van der Waals surface area (Å²) in [6.07, 6.45) is -0.0229. The molecule has 22 heavy (non-hydrogen) atoms. The molecule has 3 N–H and O–H groups in total. The van der Waals surface area contributed by atoms with Crippen molar-refractivity contribution in [2.24, 2.45) is 11.7 Å². The molecular formula is C15H20ClFN2O3. The van der Waals surface area contributed by atoms with Crippen molar-refractivity contribution < 1.29 is 19.0 Å². The highest BCUT2D eigenvalue weighted by Gasteiger charge is 2.32. The molecule has 1 aliphatic heterocycles. The molecule has 1 heterocycles. The second-order valence-corrected chi connectivity index (χ2v) is 5.76. The number of halogens is 2. The van der Waals surface area contributed by atoms with Gasteiger partial charge in [0.1, 0.15) is 5.82 Å². The number of rotatable bonds is 5. The average molecular weight is 331 g/mol. The molecule has 5 nitrogen and oxygen atoms in total. The standard InChI is InChI=1S/C15H20ClFN2O3/c16-12-5-1-4-11(13(12)17)14(22-8-6-18)10-3-2-7-19(9-10)15(20)21/h1,4-5,10,14H,2-3,6-9,18H2,(H,20,21). The van der Waals surface area contributed by atoms with E-state index < -0.39 is 18.0 Å². The number of hydrogen-bond donors (Lipinski definition) is 2. The predicted octanol–water partition coefficient (Wildman–Crippen LogP) is 2.89. The van der Waals surface area contributed by atoms with Crippen LogP contribution >= 0.6 is 11.6 Å². The molecule has 2 rings (SSSR count). The van der Waals surface area contributed by atoms with Crippen molar-refractivity contribution in [2.45, 2.75) is 18.9 Å². The number of benzene rings is 1. The van der Waals surface area contributed by atoms with Gasteiger partial charge in [-0.3, -0.25) is 0 Å². The Morgan fingerprint density at radius 3 is 3.05 bits per heavy atom. The highest BCUT2D eigenvalue weighted by Crippen LogP contribution is 2.35. The maximum atomic E-state index is 14.3. The predicted molar refractivity (Wildman–Crippen MR) is 81.5 cm³/mol. The van der Waals surface area contributed by atoms with Crippen LogP contribution in [0.15, 0.2) is 18.2 Å². The monoisotopic (exact) mass is 330 g/mol. The first-order chi connectivity index (χ1) is 10.5. The minimum atomic E-state index is -0.964. The number of amides is 1. The molecule has 1 aromatic rings. The van der Waals surface area contributed by atoms with E-state index in [2.05, 4.69) is 0 Å². The largest absolute Gasteiger partial charge is 0.465 e. The maximum Gasteiger partial charge on any atom is 0.407 e. The molecule has 1 aliphatic rings. The van der Waals surface area contributed by atoms with E-state index in [4.69, 9.17) is 27.2 Å². The van der Waals surface area contributed by atoms with Crippen LogP contribution in [-0.2, 0) is 4.74 Å². The second-order valence-electron chi connectivity index (χ2n) is 5.35. The van der Waals surface area contributed by atoms with Crippen molar-refractivity contribution in [3.05, 3.63) is 34.6 Å². The number of hydrogen-bond acceptors (Lipinski definition) is 3. The summed E-state index contributed by atoms with van der Waals surface area (Å²) < 4.78 is 20.1. The fourth-order valence-electron chi connectivity index (χ4n) is 2.85. The van der Waals surface area contributed by atoms with Gasteiger partial charge in [0.15, 0.2) is 0 Å². The first kappa shape index (κ1) is 17.0. The van der Waals surface area contributed by atoms with Gasteiger partial charge >= 0.3 is 6.09 Å². The third kappa shape index (κ3) is 3.88. The van der Waals surface area contributed by atoms with Crippen molar-refractivity contribution in [1.82, 2.24) is 4.90 Å². The highest BCUT2D eigenvalue weighted by molar-refractivity contribution is 6.30. The van der Waals surface area contributed by atoms with Crippen LogP contribution in [-0.4, -0.2) is 42.3 Å². The van der Waals surface area contributed by atoms with Crippen molar-refractivity contribution in [1.29, 1.82) is 0 Å². The molecule has 0 aliphatic carbocycles. The molecule has 1 saturated heterocycles. The molecule has 2 atom stereocenters. The molecule has 0 spiro atoms. The summed E-state index contributed by atoms with van der Waals surface area (Å²) in [5.74, 6) is -0.636. The Hall–Kier alpha value is -1.37. The van der Waals surface area contributed by atoms with Gasteiger partial charge < -0.3 is 20.5 Å². The van der Waals surface area contributed by atoms with Crippen molar-refractivity contribution in [3.8, 4) is 0 Å². The fraction of sp³-hybridized carbons (Fsp3) is 0.533. The zero-order chi connectivity index (χ0) is 16.1. The summed E-state index contributed by atoms with van der Waals surface area (Å²) in [4.78, 5) is 12.5. The lowest BCUT2D eigenvalue weighted by molar-refractivity contribution is -0.0116. The van der Waals surface area contributed by atoms with Gasteiger partial charge in [-0.15, -0.1) is 0 Å². The summed E-state index contributed by atoms with van der Waals surface area (Å²) in [5, 5.41) is 9.19. The van der Waals surface area contributed by atoms with Gasteiger partial charge in [0.25, 0.3) is 0 Å². The van der Waals surface area contributed by atoms with Crippen LogP contribution < -0.4 is 5.73 Å². The quantitative estimate of drug-likeness (QED) is 0.870. The van der Waals surface area contributed by atoms with Crippen molar-refractivity contribution in [2.75, 3.05) is 26.2 Å². The Labute approximate surface area is 133 Å². The molecule has 2 unspecified atom stereocenters. The van der Waals surface area contributed by atoms with Crippen molar-refractivity contribution in [3.63, 3.8) is 0 Å². The Bertz CT molecular complexity index is 530. The number of likely N-dealkylation sites (tertiary alicyclic amines) is 1. The normalized spacial score (nSPS) is 20.0. The smallest absolute Gasteiger partial charge is 0.407 e. The maximum absolute atomic E-state index is 14.3. The van der Waals surface area contributed by atoms with Gasteiger partial charge in [-0.05, 0) is 18.9 Å². The average Bonchev–Trinajstić information content (AvgIpc) is 2.52. The molecule has 7 heteroatoms. The van der Waals surface area contributed by atoms with Crippen LogP contribution in [0.2, 0.25) is 5.02 Å². The number of ether oxygens (including phenoxy) is 1. The van der Waals surface area contributed by atoms with Gasteiger partial charge in [-0.2, -0.15) is 0 Å². The molecule has 1 fully saturated rings. The van der Waals surface area contributed by atoms with E-state index in [9.17, 15) is 9.18 Å². The number of carbonyl (C=O) groups is 1. The minimum Gasteiger partial charge on any atom is -0.465 e. The molecule has 1 amide bonds. The third-order valence-corrected chi connectivity index (χ3v) is 4.15. The third-order valence-electron chi connectivity index (χ3n) is 3.86.